The molecule has 0 N–H and O–H groups in total. The van der Waals surface area contributed by atoms with Crippen LogP contribution in [0.15, 0.2) is 36.2 Å². The second-order valence-electron chi connectivity index (χ2n) is 4.67. The van der Waals surface area contributed by atoms with Crippen molar-refractivity contribution < 1.29 is 0 Å². The Kier molecular flexibility index (Phi) is 2.31. The van der Waals surface area contributed by atoms with Crippen LogP contribution in [0.4, 0.5) is 0 Å². The summed E-state index contributed by atoms with van der Waals surface area (Å²) >= 11 is 0. The monoisotopic (exact) mass is 215 g/mol. The lowest BCUT2D eigenvalue weighted by Crippen LogP contribution is -2.33. The van der Waals surface area contributed by atoms with Gasteiger partial charge in [-0.15, -0.1) is 0 Å². The predicted molar refractivity (Wildman–Crippen MR) is 63.6 cm³/mol. The van der Waals surface area contributed by atoms with Crippen molar-refractivity contribution in [2.45, 2.75) is 26.4 Å². The zero-order chi connectivity index (χ0) is 11.0. The zero-order valence-corrected chi connectivity index (χ0v) is 9.63. The first-order chi connectivity index (χ1) is 7.83. The molecule has 0 radical (unpaired) electrons. The molecule has 1 aromatic rings. The van der Waals surface area contributed by atoms with Crippen molar-refractivity contribution >= 4 is 0 Å². The highest BCUT2D eigenvalue weighted by Gasteiger charge is 2.18. The molecule has 0 fully saturated rings. The smallest absolute Gasteiger partial charge is 0.0599 e. The molecule has 3 rings (SSSR count). The minimum atomic E-state index is 0.694. The summed E-state index contributed by atoms with van der Waals surface area (Å²) in [5.74, 6) is 0.694. The van der Waals surface area contributed by atoms with Crippen LogP contribution >= 0.6 is 0 Å². The lowest BCUT2D eigenvalue weighted by molar-refractivity contribution is 0.272. The molecule has 0 aromatic carbocycles. The van der Waals surface area contributed by atoms with Crippen molar-refractivity contribution in [3.8, 4) is 0 Å². The van der Waals surface area contributed by atoms with Crippen LogP contribution in [0.2, 0.25) is 0 Å². The van der Waals surface area contributed by atoms with Gasteiger partial charge in [0.15, 0.2) is 0 Å². The van der Waals surface area contributed by atoms with Crippen molar-refractivity contribution in [2.24, 2.45) is 5.92 Å². The Balaban J connectivity index is 1.77. The minimum Gasteiger partial charge on any atom is -0.364 e. The number of allylic oxidation sites excluding steroid dienone is 3. The van der Waals surface area contributed by atoms with E-state index in [1.54, 1.807) is 0 Å². The van der Waals surface area contributed by atoms with Gasteiger partial charge in [0.25, 0.3) is 0 Å². The Hall–Kier alpha value is -1.51. The van der Waals surface area contributed by atoms with Crippen LogP contribution in [-0.4, -0.2) is 21.2 Å². The van der Waals surface area contributed by atoms with Crippen molar-refractivity contribution in [3.63, 3.8) is 0 Å². The number of hydrogen-bond donors (Lipinski definition) is 0. The topological polar surface area (TPSA) is 21.1 Å². The molecule has 1 aliphatic heterocycles. The van der Waals surface area contributed by atoms with E-state index in [-0.39, 0.29) is 0 Å². The minimum absolute atomic E-state index is 0.694. The molecule has 0 saturated carbocycles. The second kappa shape index (κ2) is 3.81. The van der Waals surface area contributed by atoms with Crippen LogP contribution in [0.3, 0.4) is 0 Å². The van der Waals surface area contributed by atoms with E-state index in [9.17, 15) is 0 Å². The molecule has 1 aromatic heterocycles. The summed E-state index contributed by atoms with van der Waals surface area (Å²) in [5.41, 5.74) is 2.70. The largest absolute Gasteiger partial charge is 0.364 e. The van der Waals surface area contributed by atoms with Crippen LogP contribution in [-0.2, 0) is 13.1 Å². The SMILES string of the molecule is CC1C=CC(N2CCn3nccc3C2)=CC1. The molecule has 0 amide bonds. The molecule has 0 bridgehead atoms. The fourth-order valence-corrected chi connectivity index (χ4v) is 2.36. The van der Waals surface area contributed by atoms with Gasteiger partial charge < -0.3 is 4.90 Å². The van der Waals surface area contributed by atoms with Crippen LogP contribution in [0.1, 0.15) is 19.0 Å². The van der Waals surface area contributed by atoms with Gasteiger partial charge in [-0.2, -0.15) is 5.10 Å². The Morgan fingerprint density at radius 2 is 2.31 bits per heavy atom. The third-order valence-electron chi connectivity index (χ3n) is 3.40. The maximum atomic E-state index is 4.30. The number of fused-ring (bicyclic) bond motifs is 1. The van der Waals surface area contributed by atoms with Gasteiger partial charge in [0, 0.05) is 18.4 Å². The molecule has 1 unspecified atom stereocenters. The first kappa shape index (κ1) is 9.70. The summed E-state index contributed by atoms with van der Waals surface area (Å²) < 4.78 is 2.10. The van der Waals surface area contributed by atoms with Crippen molar-refractivity contribution in [1.29, 1.82) is 0 Å². The van der Waals surface area contributed by atoms with E-state index in [0.29, 0.717) is 5.92 Å². The molecule has 1 atom stereocenters. The van der Waals surface area contributed by atoms with Gasteiger partial charge in [-0.1, -0.05) is 19.1 Å². The van der Waals surface area contributed by atoms with Crippen LogP contribution < -0.4 is 0 Å². The standard InChI is InChI=1S/C13H17N3/c1-11-2-4-12(5-3-11)15-8-9-16-13(10-15)6-7-14-16/h2,4-7,11H,3,8-10H2,1H3. The summed E-state index contributed by atoms with van der Waals surface area (Å²) in [6.07, 6.45) is 9.99. The highest BCUT2D eigenvalue weighted by Crippen LogP contribution is 2.22. The molecular weight excluding hydrogens is 198 g/mol. The average Bonchev–Trinajstić information content (AvgIpc) is 2.77. The third-order valence-corrected chi connectivity index (χ3v) is 3.40. The summed E-state index contributed by atoms with van der Waals surface area (Å²) in [7, 11) is 0. The van der Waals surface area contributed by atoms with E-state index in [1.165, 1.54) is 17.8 Å². The fraction of sp³-hybridized carbons (Fsp3) is 0.462. The molecule has 3 heteroatoms. The highest BCUT2D eigenvalue weighted by molar-refractivity contribution is 5.23. The van der Waals surface area contributed by atoms with Crippen molar-refractivity contribution in [2.75, 3.05) is 6.54 Å². The predicted octanol–water partition coefficient (Wildman–Crippen LogP) is 2.18. The molecule has 1 aliphatic carbocycles. The highest BCUT2D eigenvalue weighted by atomic mass is 15.3. The zero-order valence-electron chi connectivity index (χ0n) is 9.63. The van der Waals surface area contributed by atoms with Gasteiger partial charge in [-0.25, -0.2) is 0 Å². The van der Waals surface area contributed by atoms with Gasteiger partial charge >= 0.3 is 0 Å². The number of nitrogens with zero attached hydrogens (tertiary/aromatic N) is 3. The van der Waals surface area contributed by atoms with Crippen molar-refractivity contribution in [1.82, 2.24) is 14.7 Å². The van der Waals surface area contributed by atoms with E-state index >= 15 is 0 Å². The van der Waals surface area contributed by atoms with Gasteiger partial charge in [0.2, 0.25) is 0 Å². The molecule has 0 spiro atoms. The molecule has 84 valence electrons. The van der Waals surface area contributed by atoms with Gasteiger partial charge in [0.05, 0.1) is 18.8 Å². The molecule has 2 aliphatic rings. The van der Waals surface area contributed by atoms with Crippen LogP contribution in [0, 0.1) is 5.92 Å². The van der Waals surface area contributed by atoms with Gasteiger partial charge in [-0.3, -0.25) is 4.68 Å². The Morgan fingerprint density at radius 1 is 1.38 bits per heavy atom. The Labute approximate surface area is 96.1 Å². The first-order valence-electron chi connectivity index (χ1n) is 5.97. The van der Waals surface area contributed by atoms with E-state index in [0.717, 1.165) is 19.6 Å². The van der Waals surface area contributed by atoms with E-state index in [4.69, 9.17) is 0 Å². The maximum absolute atomic E-state index is 4.30. The summed E-state index contributed by atoms with van der Waals surface area (Å²) in [5, 5.41) is 4.30. The maximum Gasteiger partial charge on any atom is 0.0599 e. The van der Waals surface area contributed by atoms with Crippen LogP contribution in [0.25, 0.3) is 0 Å². The third kappa shape index (κ3) is 1.66. The van der Waals surface area contributed by atoms with Gasteiger partial charge in [0.1, 0.15) is 0 Å². The normalized spacial score (nSPS) is 24.2. The number of hydrogen-bond acceptors (Lipinski definition) is 2. The second-order valence-corrected chi connectivity index (χ2v) is 4.67. The molecule has 3 nitrogen and oxygen atoms in total. The summed E-state index contributed by atoms with van der Waals surface area (Å²) in [4.78, 5) is 2.44. The summed E-state index contributed by atoms with van der Waals surface area (Å²) in [6, 6.07) is 2.11. The lowest BCUT2D eigenvalue weighted by Gasteiger charge is -2.31. The van der Waals surface area contributed by atoms with Crippen LogP contribution in [0.5, 0.6) is 0 Å². The molecule has 2 heterocycles. The molecule has 0 saturated heterocycles. The van der Waals surface area contributed by atoms with Gasteiger partial charge in [-0.05, 0) is 24.5 Å². The Bertz CT molecular complexity index is 442. The van der Waals surface area contributed by atoms with Crippen molar-refractivity contribution in [3.05, 3.63) is 41.9 Å². The lowest BCUT2D eigenvalue weighted by atomic mass is 10.0. The molecule has 16 heavy (non-hydrogen) atoms. The molecular formula is C13H17N3. The fourth-order valence-electron chi connectivity index (χ4n) is 2.36. The number of aromatic nitrogens is 2. The van der Waals surface area contributed by atoms with E-state index < -0.39 is 0 Å². The number of rotatable bonds is 1. The summed E-state index contributed by atoms with van der Waals surface area (Å²) in [6.45, 7) is 5.32. The quantitative estimate of drug-likeness (QED) is 0.716. The average molecular weight is 215 g/mol. The first-order valence-corrected chi connectivity index (χ1v) is 5.97. The van der Waals surface area contributed by atoms with E-state index in [2.05, 4.69) is 45.9 Å². The Morgan fingerprint density at radius 3 is 3.12 bits per heavy atom. The van der Waals surface area contributed by atoms with E-state index in [1.807, 2.05) is 6.20 Å².